The molecule has 1 spiro atoms. The molecule has 2 saturated heterocycles. The number of piperidine rings is 1. The summed E-state index contributed by atoms with van der Waals surface area (Å²) in [5, 5.41) is 2.09. The zero-order chi connectivity index (χ0) is 22.4. The van der Waals surface area contributed by atoms with Gasteiger partial charge in [0.05, 0.1) is 5.02 Å². The number of rotatable bonds is 3. The van der Waals surface area contributed by atoms with E-state index in [-0.39, 0.29) is 5.54 Å². The van der Waals surface area contributed by atoms with Gasteiger partial charge in [0.15, 0.2) is 6.10 Å². The van der Waals surface area contributed by atoms with Crippen molar-refractivity contribution in [3.8, 4) is 0 Å². The number of nitrogens with one attached hydrogen (secondary N) is 1. The minimum atomic E-state index is -4.55. The second kappa shape index (κ2) is 8.37. The number of hydrogen-bond acceptors (Lipinski definition) is 3. The summed E-state index contributed by atoms with van der Waals surface area (Å²) in [6.07, 6.45) is -4.11. The van der Waals surface area contributed by atoms with Crippen LogP contribution in [0.4, 0.5) is 18.0 Å². The van der Waals surface area contributed by atoms with Gasteiger partial charge in [-0.3, -0.25) is 4.90 Å². The minimum Gasteiger partial charge on any atom is -0.437 e. The second-order valence-electron chi connectivity index (χ2n) is 8.45. The number of amides is 1. The average molecular weight is 478 g/mol. The van der Waals surface area contributed by atoms with E-state index in [0.717, 1.165) is 42.9 Å². The van der Waals surface area contributed by atoms with Crippen LogP contribution in [0.1, 0.15) is 38.3 Å². The third-order valence-electron chi connectivity index (χ3n) is 6.50. The number of halogens is 5. The van der Waals surface area contributed by atoms with Crippen LogP contribution in [0.15, 0.2) is 18.2 Å². The Hall–Kier alpha value is -1.64. The summed E-state index contributed by atoms with van der Waals surface area (Å²) in [6, 6.07) is 5.60. The maximum absolute atomic E-state index is 12.7. The fraction of sp³-hybridized carbons (Fsp3) is 0.571. The summed E-state index contributed by atoms with van der Waals surface area (Å²) in [4.78, 5) is 19.3. The summed E-state index contributed by atoms with van der Waals surface area (Å²) in [5.74, 6) is 0. The predicted octanol–water partition coefficient (Wildman–Crippen LogP) is 5.99. The van der Waals surface area contributed by atoms with Crippen molar-refractivity contribution in [1.29, 1.82) is 0 Å². The quantitative estimate of drug-likeness (QED) is 0.590. The molecular formula is C21H24Cl2F3N3O2. The molecule has 0 saturated carbocycles. The summed E-state index contributed by atoms with van der Waals surface area (Å²) in [7, 11) is 0. The fourth-order valence-electron chi connectivity index (χ4n) is 4.71. The summed E-state index contributed by atoms with van der Waals surface area (Å²) < 4.78 is 42.6. The number of alkyl halides is 3. The van der Waals surface area contributed by atoms with Crippen LogP contribution in [0.2, 0.25) is 10.0 Å². The zero-order valence-electron chi connectivity index (χ0n) is 17.1. The minimum absolute atomic E-state index is 0.0643. The smallest absolute Gasteiger partial charge is 0.425 e. The molecule has 2 aromatic rings. The highest BCUT2D eigenvalue weighted by atomic mass is 35.5. The van der Waals surface area contributed by atoms with Crippen LogP contribution < -0.4 is 0 Å². The molecule has 3 heterocycles. The van der Waals surface area contributed by atoms with E-state index in [1.54, 1.807) is 6.07 Å². The van der Waals surface area contributed by atoms with Crippen LogP contribution in [0, 0.1) is 0 Å². The first-order chi connectivity index (χ1) is 14.6. The van der Waals surface area contributed by atoms with Gasteiger partial charge in [0.1, 0.15) is 0 Å². The molecule has 1 atom stereocenters. The van der Waals surface area contributed by atoms with Crippen LogP contribution >= 0.6 is 23.2 Å². The maximum atomic E-state index is 12.7. The standard InChI is InChI=1S/C21H24Cl2F3N3O2/c1-13(21(24,25)26)31-19(30)28-7-4-20(5-8-28)3-2-6-29(20)12-15-11-16-17(23)9-14(22)10-18(16)27-15/h9-11,13,27H,2-8,12H2,1H3. The Balaban J connectivity index is 1.41. The number of nitrogens with zero attached hydrogens (tertiary/aromatic N) is 2. The predicted molar refractivity (Wildman–Crippen MR) is 113 cm³/mol. The van der Waals surface area contributed by atoms with Crippen molar-refractivity contribution >= 4 is 40.2 Å². The van der Waals surface area contributed by atoms with E-state index in [0.29, 0.717) is 42.5 Å². The van der Waals surface area contributed by atoms with Crippen LogP contribution in [0.5, 0.6) is 0 Å². The van der Waals surface area contributed by atoms with Crippen molar-refractivity contribution in [2.45, 2.75) is 57.0 Å². The fourth-order valence-corrected chi connectivity index (χ4v) is 5.26. The lowest BCUT2D eigenvalue weighted by atomic mass is 9.85. The van der Waals surface area contributed by atoms with Gasteiger partial charge >= 0.3 is 12.3 Å². The number of likely N-dealkylation sites (tertiary alicyclic amines) is 2. The largest absolute Gasteiger partial charge is 0.437 e. The first kappa shape index (κ1) is 22.6. The highest BCUT2D eigenvalue weighted by Crippen LogP contribution is 2.40. The first-order valence-electron chi connectivity index (χ1n) is 10.3. The van der Waals surface area contributed by atoms with Crippen LogP contribution in [0.25, 0.3) is 10.9 Å². The Bertz CT molecular complexity index is 971. The molecule has 0 radical (unpaired) electrons. The molecule has 2 aliphatic heterocycles. The number of ether oxygens (including phenoxy) is 1. The van der Waals surface area contributed by atoms with Crippen LogP contribution in [-0.4, -0.2) is 58.3 Å². The van der Waals surface area contributed by atoms with Crippen LogP contribution in [0.3, 0.4) is 0 Å². The van der Waals surface area contributed by atoms with Crippen LogP contribution in [-0.2, 0) is 11.3 Å². The van der Waals surface area contributed by atoms with Gasteiger partial charge < -0.3 is 14.6 Å². The monoisotopic (exact) mass is 477 g/mol. The molecule has 1 N–H and O–H groups in total. The van der Waals surface area contributed by atoms with Crippen molar-refractivity contribution in [2.24, 2.45) is 0 Å². The number of H-pyrrole nitrogens is 1. The van der Waals surface area contributed by atoms with Crippen molar-refractivity contribution in [2.75, 3.05) is 19.6 Å². The van der Waals surface area contributed by atoms with Crippen molar-refractivity contribution < 1.29 is 22.7 Å². The second-order valence-corrected chi connectivity index (χ2v) is 9.29. The Morgan fingerprint density at radius 1 is 1.19 bits per heavy atom. The average Bonchev–Trinajstić information content (AvgIpc) is 3.26. The van der Waals surface area contributed by atoms with E-state index in [9.17, 15) is 18.0 Å². The van der Waals surface area contributed by atoms with E-state index in [1.807, 2.05) is 12.1 Å². The summed E-state index contributed by atoms with van der Waals surface area (Å²) >= 11 is 12.4. The summed E-state index contributed by atoms with van der Waals surface area (Å²) in [5.41, 5.74) is 1.85. The lowest BCUT2D eigenvalue weighted by molar-refractivity contribution is -0.200. The number of fused-ring (bicyclic) bond motifs is 1. The van der Waals surface area contributed by atoms with Gasteiger partial charge in [-0.05, 0) is 57.4 Å². The Morgan fingerprint density at radius 3 is 2.58 bits per heavy atom. The molecule has 5 nitrogen and oxygen atoms in total. The van der Waals surface area contributed by atoms with Crippen molar-refractivity contribution in [1.82, 2.24) is 14.8 Å². The number of aromatic amines is 1. The third kappa shape index (κ3) is 4.61. The molecular weight excluding hydrogens is 454 g/mol. The van der Waals surface area contributed by atoms with E-state index < -0.39 is 18.4 Å². The van der Waals surface area contributed by atoms with Crippen molar-refractivity contribution in [3.63, 3.8) is 0 Å². The number of carbonyl (C=O) groups excluding carboxylic acids is 1. The maximum Gasteiger partial charge on any atom is 0.425 e. The molecule has 1 amide bonds. The highest BCUT2D eigenvalue weighted by molar-refractivity contribution is 6.38. The Morgan fingerprint density at radius 2 is 1.90 bits per heavy atom. The Kier molecular flexibility index (Phi) is 6.09. The molecule has 1 aromatic heterocycles. The normalized spacial score (nSPS) is 20.5. The first-order valence-corrected chi connectivity index (χ1v) is 11.1. The number of hydrogen-bond donors (Lipinski definition) is 1. The molecule has 4 rings (SSSR count). The number of aromatic nitrogens is 1. The topological polar surface area (TPSA) is 48.6 Å². The molecule has 10 heteroatoms. The van der Waals surface area contributed by atoms with Gasteiger partial charge in [0.25, 0.3) is 0 Å². The van der Waals surface area contributed by atoms with Crippen molar-refractivity contribution in [3.05, 3.63) is 33.9 Å². The molecule has 2 aliphatic rings. The van der Waals surface area contributed by atoms with Gasteiger partial charge in [-0.25, -0.2) is 4.79 Å². The van der Waals surface area contributed by atoms with E-state index in [4.69, 9.17) is 23.2 Å². The zero-order valence-corrected chi connectivity index (χ0v) is 18.6. The van der Waals surface area contributed by atoms with E-state index >= 15 is 0 Å². The molecule has 1 aromatic carbocycles. The lowest BCUT2D eigenvalue weighted by Crippen LogP contribution is -2.53. The summed E-state index contributed by atoms with van der Waals surface area (Å²) in [6.45, 7) is 3.25. The number of benzene rings is 1. The molecule has 2 fully saturated rings. The molecule has 1 unspecified atom stereocenters. The molecule has 0 aliphatic carbocycles. The van der Waals surface area contributed by atoms with Gasteiger partial charge in [-0.1, -0.05) is 23.2 Å². The SMILES string of the molecule is CC(OC(=O)N1CCC2(CCCN2Cc2cc3c(Cl)cc(Cl)cc3[nH]2)CC1)C(F)(F)F. The van der Waals surface area contributed by atoms with Gasteiger partial charge in [0, 0.05) is 46.8 Å². The molecule has 31 heavy (non-hydrogen) atoms. The molecule has 0 bridgehead atoms. The molecule has 170 valence electrons. The third-order valence-corrected chi connectivity index (χ3v) is 7.03. The number of carbonyl (C=O) groups is 1. The van der Waals surface area contributed by atoms with E-state index in [1.165, 1.54) is 4.90 Å². The van der Waals surface area contributed by atoms with Gasteiger partial charge in [0.2, 0.25) is 0 Å². The van der Waals surface area contributed by atoms with E-state index in [2.05, 4.69) is 14.6 Å². The van der Waals surface area contributed by atoms with Gasteiger partial charge in [-0.15, -0.1) is 0 Å². The lowest BCUT2D eigenvalue weighted by Gasteiger charge is -2.44. The Labute approximate surface area is 188 Å². The highest BCUT2D eigenvalue weighted by Gasteiger charge is 2.45. The van der Waals surface area contributed by atoms with Gasteiger partial charge in [-0.2, -0.15) is 13.2 Å².